The molecule has 25 heavy (non-hydrogen) atoms. The normalized spacial score (nSPS) is 18.0. The third-order valence-corrected chi connectivity index (χ3v) is 4.51. The minimum atomic E-state index is -0.773. The molecule has 0 bridgehead atoms. The van der Waals surface area contributed by atoms with Crippen LogP contribution in [-0.4, -0.2) is 41.6 Å². The van der Waals surface area contributed by atoms with Crippen molar-refractivity contribution in [1.82, 2.24) is 4.90 Å². The number of aliphatic carboxylic acids is 1. The summed E-state index contributed by atoms with van der Waals surface area (Å²) in [6, 6.07) is 10.3. The number of carbonyl (C=O) groups is 2. The molecule has 1 atom stereocenters. The molecule has 6 nitrogen and oxygen atoms in total. The van der Waals surface area contributed by atoms with Crippen LogP contribution in [0, 0.1) is 0 Å². The summed E-state index contributed by atoms with van der Waals surface area (Å²) in [7, 11) is 1.35. The van der Waals surface area contributed by atoms with Gasteiger partial charge in [-0.3, -0.25) is 9.69 Å². The number of esters is 1. The lowest BCUT2D eigenvalue weighted by Crippen LogP contribution is -2.43. The quantitative estimate of drug-likeness (QED) is 0.840. The van der Waals surface area contributed by atoms with Crippen LogP contribution in [0.15, 0.2) is 40.8 Å². The fraction of sp³-hybridized carbons (Fsp3) is 0.368. The first-order valence-electron chi connectivity index (χ1n) is 8.33. The van der Waals surface area contributed by atoms with E-state index in [1.165, 1.54) is 7.11 Å². The van der Waals surface area contributed by atoms with Crippen LogP contribution in [0.3, 0.4) is 0 Å². The lowest BCUT2D eigenvalue weighted by atomic mass is 10.0. The first kappa shape index (κ1) is 17.2. The van der Waals surface area contributed by atoms with E-state index in [1.807, 2.05) is 17.0 Å². The summed E-state index contributed by atoms with van der Waals surface area (Å²) in [5.74, 6) is 0.275. The average molecular weight is 343 g/mol. The molecule has 0 aliphatic carbocycles. The number of carboxylic acids is 1. The SMILES string of the molecule is COC(=O)c1ccc(-c2ccc(CN3CCCCC3C(=O)O)o2)cc1. The van der Waals surface area contributed by atoms with Crippen LogP contribution in [0.2, 0.25) is 0 Å². The molecular weight excluding hydrogens is 322 g/mol. The van der Waals surface area contributed by atoms with E-state index in [0.717, 1.165) is 30.7 Å². The molecule has 1 fully saturated rings. The predicted octanol–water partition coefficient (Wildman–Crippen LogP) is 3.17. The van der Waals surface area contributed by atoms with Gasteiger partial charge in [0.15, 0.2) is 0 Å². The number of piperidine rings is 1. The summed E-state index contributed by atoms with van der Waals surface area (Å²) in [6.07, 6.45) is 2.63. The van der Waals surface area contributed by atoms with Gasteiger partial charge in [-0.2, -0.15) is 0 Å². The Balaban J connectivity index is 1.71. The van der Waals surface area contributed by atoms with Crippen molar-refractivity contribution >= 4 is 11.9 Å². The zero-order chi connectivity index (χ0) is 17.8. The number of nitrogens with zero attached hydrogens (tertiary/aromatic N) is 1. The second-order valence-electron chi connectivity index (χ2n) is 6.16. The second kappa shape index (κ2) is 7.53. The van der Waals surface area contributed by atoms with Crippen LogP contribution in [-0.2, 0) is 16.1 Å². The highest BCUT2D eigenvalue weighted by atomic mass is 16.5. The minimum absolute atomic E-state index is 0.378. The number of benzene rings is 1. The fourth-order valence-electron chi connectivity index (χ4n) is 3.17. The highest BCUT2D eigenvalue weighted by Gasteiger charge is 2.28. The number of methoxy groups -OCH3 is 1. The zero-order valence-electron chi connectivity index (χ0n) is 14.1. The van der Waals surface area contributed by atoms with E-state index in [9.17, 15) is 14.7 Å². The van der Waals surface area contributed by atoms with Crippen molar-refractivity contribution in [1.29, 1.82) is 0 Å². The van der Waals surface area contributed by atoms with E-state index in [2.05, 4.69) is 4.74 Å². The fourth-order valence-corrected chi connectivity index (χ4v) is 3.17. The maximum atomic E-state index is 11.5. The Morgan fingerprint density at radius 2 is 1.96 bits per heavy atom. The molecule has 0 saturated carbocycles. The number of hydrogen-bond donors (Lipinski definition) is 1. The summed E-state index contributed by atoms with van der Waals surface area (Å²) in [4.78, 5) is 24.8. The van der Waals surface area contributed by atoms with Crippen molar-refractivity contribution in [3.8, 4) is 11.3 Å². The molecular formula is C19H21NO5. The van der Waals surface area contributed by atoms with E-state index in [4.69, 9.17) is 4.42 Å². The van der Waals surface area contributed by atoms with Gasteiger partial charge < -0.3 is 14.3 Å². The maximum Gasteiger partial charge on any atom is 0.337 e. The highest BCUT2D eigenvalue weighted by Crippen LogP contribution is 2.25. The van der Waals surface area contributed by atoms with E-state index in [0.29, 0.717) is 24.3 Å². The lowest BCUT2D eigenvalue weighted by Gasteiger charge is -2.31. The number of ether oxygens (including phenoxy) is 1. The van der Waals surface area contributed by atoms with Crippen molar-refractivity contribution < 1.29 is 23.8 Å². The molecule has 0 amide bonds. The standard InChI is InChI=1S/C19H21NO5/c1-24-19(23)14-7-5-13(6-8-14)17-10-9-15(25-17)12-20-11-3-2-4-16(20)18(21)22/h5-10,16H,2-4,11-12H2,1H3,(H,21,22). The van der Waals surface area contributed by atoms with Crippen LogP contribution >= 0.6 is 0 Å². The smallest absolute Gasteiger partial charge is 0.337 e. The molecule has 0 radical (unpaired) electrons. The Morgan fingerprint density at radius 1 is 1.20 bits per heavy atom. The summed E-state index contributed by atoms with van der Waals surface area (Å²) in [5.41, 5.74) is 1.34. The van der Waals surface area contributed by atoms with E-state index >= 15 is 0 Å². The third kappa shape index (κ3) is 3.91. The van der Waals surface area contributed by atoms with Gasteiger partial charge in [0.05, 0.1) is 19.2 Å². The molecule has 2 heterocycles. The first-order chi connectivity index (χ1) is 12.1. The number of furan rings is 1. The number of carbonyl (C=O) groups excluding carboxylic acids is 1. The molecule has 2 aromatic rings. The Kier molecular flexibility index (Phi) is 5.19. The summed E-state index contributed by atoms with van der Waals surface area (Å²) in [6.45, 7) is 1.25. The van der Waals surface area contributed by atoms with Crippen molar-refractivity contribution in [3.63, 3.8) is 0 Å². The monoisotopic (exact) mass is 343 g/mol. The van der Waals surface area contributed by atoms with Gasteiger partial charge >= 0.3 is 11.9 Å². The largest absolute Gasteiger partial charge is 0.480 e. The highest BCUT2D eigenvalue weighted by molar-refractivity contribution is 5.89. The molecule has 132 valence electrons. The molecule has 1 aliphatic rings. The van der Waals surface area contributed by atoms with Gasteiger partial charge in [0.2, 0.25) is 0 Å². The van der Waals surface area contributed by atoms with Crippen LogP contribution in [0.4, 0.5) is 0 Å². The van der Waals surface area contributed by atoms with Gasteiger partial charge in [-0.15, -0.1) is 0 Å². The molecule has 3 rings (SSSR count). The Morgan fingerprint density at radius 3 is 2.64 bits per heavy atom. The van der Waals surface area contributed by atoms with E-state index < -0.39 is 12.0 Å². The van der Waals surface area contributed by atoms with Crippen LogP contribution in [0.1, 0.15) is 35.4 Å². The topological polar surface area (TPSA) is 80.0 Å². The van der Waals surface area contributed by atoms with Gasteiger partial charge in [0.25, 0.3) is 0 Å². The molecule has 1 aromatic heterocycles. The van der Waals surface area contributed by atoms with Crippen molar-refractivity contribution in [2.45, 2.75) is 31.8 Å². The Bertz CT molecular complexity index is 749. The zero-order valence-corrected chi connectivity index (χ0v) is 14.1. The van der Waals surface area contributed by atoms with E-state index in [-0.39, 0.29) is 5.97 Å². The third-order valence-electron chi connectivity index (χ3n) is 4.51. The Hall–Kier alpha value is -2.60. The van der Waals surface area contributed by atoms with Gasteiger partial charge in [0.1, 0.15) is 17.6 Å². The number of hydrogen-bond acceptors (Lipinski definition) is 5. The second-order valence-corrected chi connectivity index (χ2v) is 6.16. The maximum absolute atomic E-state index is 11.5. The van der Waals surface area contributed by atoms with Gasteiger partial charge in [-0.25, -0.2) is 4.79 Å². The van der Waals surface area contributed by atoms with Crippen molar-refractivity contribution in [3.05, 3.63) is 47.7 Å². The molecule has 1 saturated heterocycles. The average Bonchev–Trinajstić information content (AvgIpc) is 3.10. The summed E-state index contributed by atoms with van der Waals surface area (Å²) < 4.78 is 10.6. The molecule has 6 heteroatoms. The number of carboxylic acid groups (broad SMARTS) is 1. The number of rotatable bonds is 5. The lowest BCUT2D eigenvalue weighted by molar-refractivity contribution is -0.145. The molecule has 0 spiro atoms. The van der Waals surface area contributed by atoms with Crippen molar-refractivity contribution in [2.24, 2.45) is 0 Å². The summed E-state index contributed by atoms with van der Waals surface area (Å²) >= 11 is 0. The molecule has 1 unspecified atom stereocenters. The molecule has 1 aromatic carbocycles. The number of likely N-dealkylation sites (tertiary alicyclic amines) is 1. The minimum Gasteiger partial charge on any atom is -0.480 e. The Labute approximate surface area is 146 Å². The molecule has 1 aliphatic heterocycles. The predicted molar refractivity (Wildman–Crippen MR) is 91.2 cm³/mol. The van der Waals surface area contributed by atoms with Gasteiger partial charge in [-0.05, 0) is 43.7 Å². The van der Waals surface area contributed by atoms with Crippen molar-refractivity contribution in [2.75, 3.05) is 13.7 Å². The van der Waals surface area contributed by atoms with E-state index in [1.54, 1.807) is 24.3 Å². The van der Waals surface area contributed by atoms with Crippen LogP contribution < -0.4 is 0 Å². The van der Waals surface area contributed by atoms with Crippen LogP contribution in [0.25, 0.3) is 11.3 Å². The van der Waals surface area contributed by atoms with Gasteiger partial charge in [0, 0.05) is 5.56 Å². The van der Waals surface area contributed by atoms with Gasteiger partial charge in [-0.1, -0.05) is 18.6 Å². The first-order valence-corrected chi connectivity index (χ1v) is 8.33. The summed E-state index contributed by atoms with van der Waals surface area (Å²) in [5, 5.41) is 9.35. The van der Waals surface area contributed by atoms with Crippen LogP contribution in [0.5, 0.6) is 0 Å². The molecule has 1 N–H and O–H groups in total.